The predicted molar refractivity (Wildman–Crippen MR) is 82.4 cm³/mol. The Morgan fingerprint density at radius 3 is 2.52 bits per heavy atom. The zero-order valence-corrected chi connectivity index (χ0v) is 13.9. The van der Waals surface area contributed by atoms with Gasteiger partial charge in [0.25, 0.3) is 0 Å². The Bertz CT molecular complexity index is 592. The number of aryl methyl sites for hydroxylation is 2. The second-order valence-electron chi connectivity index (χ2n) is 5.91. The van der Waals surface area contributed by atoms with Crippen molar-refractivity contribution < 1.29 is 12.8 Å². The largest absolute Gasteiger partial charge is 0.465 e. The van der Waals surface area contributed by atoms with Crippen molar-refractivity contribution in [3.63, 3.8) is 0 Å². The topological polar surface area (TPSA) is 85.3 Å². The highest BCUT2D eigenvalue weighted by Crippen LogP contribution is 2.30. The maximum Gasteiger partial charge on any atom is 0.244 e. The number of nitrogens with two attached hydrogens (primary N) is 1. The van der Waals surface area contributed by atoms with E-state index in [4.69, 9.17) is 10.2 Å². The summed E-state index contributed by atoms with van der Waals surface area (Å²) in [4.78, 5) is 0.239. The molecule has 3 N–H and O–H groups in total. The van der Waals surface area contributed by atoms with E-state index in [1.165, 1.54) is 6.42 Å². The number of hydrogen-bond acceptors (Lipinski definition) is 4. The summed E-state index contributed by atoms with van der Waals surface area (Å²) in [7, 11) is -3.58. The van der Waals surface area contributed by atoms with E-state index < -0.39 is 10.0 Å². The molecular formula is C15H26N2O3S. The Kier molecular flexibility index (Phi) is 5.11. The summed E-state index contributed by atoms with van der Waals surface area (Å²) in [6.07, 6.45) is 5.27. The average molecular weight is 314 g/mol. The smallest absolute Gasteiger partial charge is 0.244 e. The van der Waals surface area contributed by atoms with Crippen LogP contribution in [0, 0.1) is 19.8 Å². The summed E-state index contributed by atoms with van der Waals surface area (Å²) in [6, 6.07) is 0.0222. The van der Waals surface area contributed by atoms with Gasteiger partial charge in [0.15, 0.2) is 0 Å². The van der Waals surface area contributed by atoms with Crippen LogP contribution in [0.4, 0.5) is 0 Å². The maximum atomic E-state index is 12.7. The number of rotatable bonds is 5. The molecule has 1 aromatic heterocycles. The Labute approximate surface area is 127 Å². The first kappa shape index (κ1) is 16.5. The van der Waals surface area contributed by atoms with Crippen LogP contribution in [0.25, 0.3) is 0 Å². The highest BCUT2D eigenvalue weighted by atomic mass is 32.2. The van der Waals surface area contributed by atoms with E-state index in [1.54, 1.807) is 13.8 Å². The van der Waals surface area contributed by atoms with Gasteiger partial charge in [-0.1, -0.05) is 26.2 Å². The Morgan fingerprint density at radius 1 is 1.24 bits per heavy atom. The lowest BCUT2D eigenvalue weighted by molar-refractivity contribution is 0.282. The summed E-state index contributed by atoms with van der Waals surface area (Å²) in [5.41, 5.74) is 6.28. The summed E-state index contributed by atoms with van der Waals surface area (Å²) in [5, 5.41) is 0. The molecule has 1 aliphatic carbocycles. The summed E-state index contributed by atoms with van der Waals surface area (Å²) in [6.45, 7) is 5.72. The average Bonchev–Trinajstić information content (AvgIpc) is 2.73. The van der Waals surface area contributed by atoms with Gasteiger partial charge in [0.2, 0.25) is 10.0 Å². The molecule has 1 saturated carbocycles. The highest BCUT2D eigenvalue weighted by Gasteiger charge is 2.32. The lowest BCUT2D eigenvalue weighted by Gasteiger charge is -2.31. The summed E-state index contributed by atoms with van der Waals surface area (Å²) < 4.78 is 33.9. The lowest BCUT2D eigenvalue weighted by atomic mass is 9.83. The van der Waals surface area contributed by atoms with E-state index in [0.717, 1.165) is 25.7 Å². The van der Waals surface area contributed by atoms with Gasteiger partial charge in [-0.3, -0.25) is 0 Å². The molecule has 1 aliphatic rings. The molecule has 0 spiro atoms. The van der Waals surface area contributed by atoms with E-state index in [-0.39, 0.29) is 17.5 Å². The van der Waals surface area contributed by atoms with Gasteiger partial charge in [0.05, 0.1) is 0 Å². The monoisotopic (exact) mass is 314 g/mol. The minimum absolute atomic E-state index is 0.0222. The molecule has 1 fully saturated rings. The first-order chi connectivity index (χ1) is 9.90. The van der Waals surface area contributed by atoms with Crippen LogP contribution in [-0.2, 0) is 16.6 Å². The van der Waals surface area contributed by atoms with Crippen LogP contribution in [0.5, 0.6) is 0 Å². The quantitative estimate of drug-likeness (QED) is 0.875. The molecular weight excluding hydrogens is 288 g/mol. The van der Waals surface area contributed by atoms with Crippen LogP contribution >= 0.6 is 0 Å². The van der Waals surface area contributed by atoms with E-state index in [9.17, 15) is 8.42 Å². The Balaban J connectivity index is 2.30. The molecule has 6 heteroatoms. The third-order valence-corrected chi connectivity index (χ3v) is 6.22. The van der Waals surface area contributed by atoms with Crippen LogP contribution in [0.15, 0.2) is 9.31 Å². The van der Waals surface area contributed by atoms with Crippen molar-refractivity contribution in [3.8, 4) is 0 Å². The van der Waals surface area contributed by atoms with E-state index in [0.29, 0.717) is 23.0 Å². The molecule has 0 saturated heterocycles. The Hall–Kier alpha value is -0.850. The number of sulfonamides is 1. The molecule has 120 valence electrons. The molecule has 0 radical (unpaired) electrons. The van der Waals surface area contributed by atoms with E-state index in [2.05, 4.69) is 11.6 Å². The number of furan rings is 1. The molecule has 5 nitrogen and oxygen atoms in total. The second kappa shape index (κ2) is 6.50. The lowest BCUT2D eigenvalue weighted by Crippen LogP contribution is -2.42. The molecule has 1 heterocycles. The van der Waals surface area contributed by atoms with Gasteiger partial charge >= 0.3 is 0 Å². The molecule has 1 aromatic rings. The summed E-state index contributed by atoms with van der Waals surface area (Å²) in [5.74, 6) is 1.43. The van der Waals surface area contributed by atoms with Gasteiger partial charge < -0.3 is 10.2 Å². The minimum Gasteiger partial charge on any atom is -0.465 e. The van der Waals surface area contributed by atoms with Crippen LogP contribution in [-0.4, -0.2) is 14.5 Å². The molecule has 2 unspecified atom stereocenters. The first-order valence-electron chi connectivity index (χ1n) is 7.72. The molecule has 0 bridgehead atoms. The van der Waals surface area contributed by atoms with Gasteiger partial charge in [0, 0.05) is 18.2 Å². The van der Waals surface area contributed by atoms with Gasteiger partial charge in [-0.2, -0.15) is 0 Å². The third kappa shape index (κ3) is 3.33. The minimum atomic E-state index is -3.58. The normalized spacial score (nSPS) is 23.4. The fraction of sp³-hybridized carbons (Fsp3) is 0.733. The zero-order valence-electron chi connectivity index (χ0n) is 13.1. The predicted octanol–water partition coefficient (Wildman–Crippen LogP) is 2.60. The molecule has 2 atom stereocenters. The zero-order chi connectivity index (χ0) is 15.6. The SMILES string of the molecule is CCC1CCCCC1NS(=O)(=O)c1c(C)oc(C)c1CN. The molecule has 21 heavy (non-hydrogen) atoms. The number of hydrogen-bond donors (Lipinski definition) is 2. The third-order valence-electron chi connectivity index (χ3n) is 4.54. The van der Waals surface area contributed by atoms with E-state index in [1.807, 2.05) is 0 Å². The molecule has 0 amide bonds. The van der Waals surface area contributed by atoms with Gasteiger partial charge in [-0.25, -0.2) is 13.1 Å². The van der Waals surface area contributed by atoms with Crippen molar-refractivity contribution in [2.24, 2.45) is 11.7 Å². The van der Waals surface area contributed by atoms with Gasteiger partial charge in [-0.15, -0.1) is 0 Å². The van der Waals surface area contributed by atoms with Crippen molar-refractivity contribution in [2.45, 2.75) is 70.4 Å². The Morgan fingerprint density at radius 2 is 1.90 bits per heavy atom. The summed E-state index contributed by atoms with van der Waals surface area (Å²) >= 11 is 0. The van der Waals surface area contributed by atoms with Gasteiger partial charge in [0.1, 0.15) is 16.4 Å². The van der Waals surface area contributed by atoms with Crippen molar-refractivity contribution in [1.29, 1.82) is 0 Å². The van der Waals surface area contributed by atoms with Crippen molar-refractivity contribution >= 4 is 10.0 Å². The molecule has 0 aliphatic heterocycles. The second-order valence-corrected chi connectivity index (χ2v) is 7.56. The first-order valence-corrected chi connectivity index (χ1v) is 9.20. The fourth-order valence-electron chi connectivity index (χ4n) is 3.41. The van der Waals surface area contributed by atoms with Gasteiger partial charge in [-0.05, 0) is 32.6 Å². The maximum absolute atomic E-state index is 12.7. The van der Waals surface area contributed by atoms with E-state index >= 15 is 0 Å². The fourth-order valence-corrected chi connectivity index (χ4v) is 5.21. The van der Waals surface area contributed by atoms with Crippen LogP contribution in [0.3, 0.4) is 0 Å². The van der Waals surface area contributed by atoms with Crippen LogP contribution in [0.2, 0.25) is 0 Å². The standard InChI is InChI=1S/C15H26N2O3S/c1-4-12-7-5-6-8-14(12)17-21(18,19)15-11(3)20-10(2)13(15)9-16/h12,14,17H,4-9,16H2,1-3H3. The van der Waals surface area contributed by atoms with Crippen molar-refractivity contribution in [1.82, 2.24) is 4.72 Å². The van der Waals surface area contributed by atoms with Crippen molar-refractivity contribution in [2.75, 3.05) is 0 Å². The highest BCUT2D eigenvalue weighted by molar-refractivity contribution is 7.89. The molecule has 0 aromatic carbocycles. The van der Waals surface area contributed by atoms with Crippen molar-refractivity contribution in [3.05, 3.63) is 17.1 Å². The molecule has 2 rings (SSSR count). The van der Waals surface area contributed by atoms with Crippen LogP contribution < -0.4 is 10.5 Å². The number of nitrogens with one attached hydrogen (secondary N) is 1. The van der Waals surface area contributed by atoms with Crippen LogP contribution in [0.1, 0.15) is 56.1 Å².